The fraction of sp³-hybridized carbons (Fsp3) is 0.345. The van der Waals surface area contributed by atoms with Gasteiger partial charge in [-0.2, -0.15) is 16.7 Å². The van der Waals surface area contributed by atoms with Crippen LogP contribution in [0.5, 0.6) is 0 Å². The minimum atomic E-state index is -2.44. The number of ether oxygens (including phenoxy) is 4. The van der Waals surface area contributed by atoms with Gasteiger partial charge in [0.25, 0.3) is 6.47 Å². The first-order valence-corrected chi connectivity index (χ1v) is 15.4. The lowest BCUT2D eigenvalue weighted by Crippen LogP contribution is -2.47. The summed E-state index contributed by atoms with van der Waals surface area (Å²) >= 11 is 7.54. The Morgan fingerprint density at radius 3 is 2.67 bits per heavy atom. The molecule has 2 unspecified atom stereocenters. The van der Waals surface area contributed by atoms with Crippen LogP contribution < -0.4 is 11.0 Å². The largest absolute Gasteiger partial charge is 0.466 e. The van der Waals surface area contributed by atoms with Gasteiger partial charge in [0.2, 0.25) is 5.72 Å². The standard InChI is InChI=1S/C29H28ClFN6O8S/c1-46-13-11-21(15-42-17-38)33-22-10-12-37(28(41)34-22)25-23(31)24(44-27(40)18-6-3-2-4-7-18)29(45-25,35-36-32)16-43-26(39)19-8-5-9-20(30)14-19/h2-10,12,14,17,21,23-25H,11,13,15-16H2,1H3,(H,33,34,41)/t21-,23-,24?,25?,29+/m0/s1. The summed E-state index contributed by atoms with van der Waals surface area (Å²) < 4.78 is 38.6. The van der Waals surface area contributed by atoms with Crippen molar-refractivity contribution in [2.24, 2.45) is 5.11 Å². The predicted molar refractivity (Wildman–Crippen MR) is 165 cm³/mol. The number of esters is 2. The number of carbonyl (C=O) groups excluding carboxylic acids is 3. The first-order chi connectivity index (χ1) is 22.2. The highest BCUT2D eigenvalue weighted by Gasteiger charge is 2.60. The lowest BCUT2D eigenvalue weighted by molar-refractivity contribution is -0.129. The number of benzene rings is 2. The SMILES string of the molecule is CSCC[C@@H](COC=O)Nc1ccn(C2O[C@@](COC(=O)c3cccc(Cl)c3)(N=[N+]=[N-])C(OC(=O)c3ccccc3)[C@@H]2F)c(=O)n1. The summed E-state index contributed by atoms with van der Waals surface area (Å²) in [7, 11) is 0. The van der Waals surface area contributed by atoms with Crippen LogP contribution in [0.25, 0.3) is 10.4 Å². The summed E-state index contributed by atoms with van der Waals surface area (Å²) in [5.74, 6) is -1.08. The number of halogens is 2. The van der Waals surface area contributed by atoms with Gasteiger partial charge in [-0.25, -0.2) is 18.8 Å². The Bertz CT molecular complexity index is 1650. The number of alkyl halides is 1. The maximum absolute atomic E-state index is 16.3. The van der Waals surface area contributed by atoms with E-state index in [-0.39, 0.29) is 34.6 Å². The summed E-state index contributed by atoms with van der Waals surface area (Å²) in [5.41, 5.74) is 6.12. The summed E-state index contributed by atoms with van der Waals surface area (Å²) in [4.78, 5) is 56.4. The summed E-state index contributed by atoms with van der Waals surface area (Å²) in [6.07, 6.45) is -2.45. The van der Waals surface area contributed by atoms with Crippen LogP contribution in [-0.2, 0) is 23.7 Å². The second-order valence-electron chi connectivity index (χ2n) is 9.82. The monoisotopic (exact) mass is 674 g/mol. The number of anilines is 1. The van der Waals surface area contributed by atoms with Gasteiger partial charge in [0.05, 0.1) is 17.2 Å². The summed E-state index contributed by atoms with van der Waals surface area (Å²) in [6, 6.07) is 14.4. The molecule has 2 aromatic carbocycles. The van der Waals surface area contributed by atoms with E-state index in [1.807, 2.05) is 6.26 Å². The molecule has 2 heterocycles. The first kappa shape index (κ1) is 34.2. The minimum absolute atomic E-state index is 0.0180. The van der Waals surface area contributed by atoms with Crippen LogP contribution in [0.2, 0.25) is 5.02 Å². The Balaban J connectivity index is 1.65. The zero-order valence-corrected chi connectivity index (χ0v) is 25.8. The Labute approximate surface area is 270 Å². The Kier molecular flexibility index (Phi) is 12.0. The summed E-state index contributed by atoms with van der Waals surface area (Å²) in [5, 5.41) is 6.83. The van der Waals surface area contributed by atoms with Gasteiger partial charge in [-0.1, -0.05) is 41.0 Å². The van der Waals surface area contributed by atoms with Crippen LogP contribution in [0.15, 0.2) is 76.8 Å². The number of hydrogen-bond acceptors (Lipinski definition) is 12. The van der Waals surface area contributed by atoms with Crippen LogP contribution in [0, 0.1) is 0 Å². The predicted octanol–water partition coefficient (Wildman–Crippen LogP) is 4.56. The number of thioether (sulfide) groups is 1. The number of hydrogen-bond donors (Lipinski definition) is 1. The second-order valence-corrected chi connectivity index (χ2v) is 11.2. The lowest BCUT2D eigenvalue weighted by atomic mass is 10.1. The van der Waals surface area contributed by atoms with E-state index in [0.717, 1.165) is 10.3 Å². The molecule has 4 rings (SSSR count). The van der Waals surface area contributed by atoms with Crippen molar-refractivity contribution in [1.29, 1.82) is 0 Å². The van der Waals surface area contributed by atoms with E-state index < -0.39 is 48.5 Å². The van der Waals surface area contributed by atoms with Gasteiger partial charge >= 0.3 is 17.6 Å². The van der Waals surface area contributed by atoms with Crippen LogP contribution in [0.4, 0.5) is 10.2 Å². The van der Waals surface area contributed by atoms with Crippen molar-refractivity contribution >= 4 is 47.6 Å². The van der Waals surface area contributed by atoms with Crippen molar-refractivity contribution in [3.05, 3.63) is 104 Å². The number of carbonyl (C=O) groups is 3. The van der Waals surface area contributed by atoms with Gasteiger partial charge < -0.3 is 24.3 Å². The molecule has 1 aliphatic rings. The first-order valence-electron chi connectivity index (χ1n) is 13.7. The molecule has 46 heavy (non-hydrogen) atoms. The molecule has 1 aliphatic heterocycles. The molecule has 0 amide bonds. The van der Waals surface area contributed by atoms with Crippen LogP contribution in [0.3, 0.4) is 0 Å². The number of azide groups is 1. The van der Waals surface area contributed by atoms with E-state index in [2.05, 4.69) is 20.3 Å². The fourth-order valence-corrected chi connectivity index (χ4v) is 5.25. The smallest absolute Gasteiger partial charge is 0.351 e. The Hall–Kier alpha value is -4.63. The van der Waals surface area contributed by atoms with Crippen molar-refractivity contribution in [3.8, 4) is 0 Å². The second kappa shape index (κ2) is 16.1. The van der Waals surface area contributed by atoms with E-state index in [9.17, 15) is 24.7 Å². The molecule has 0 saturated carbocycles. The molecule has 1 saturated heterocycles. The molecular weight excluding hydrogens is 647 g/mol. The number of rotatable bonds is 15. The molecular formula is C29H28ClFN6O8S. The molecule has 17 heteroatoms. The molecule has 0 spiro atoms. The molecule has 242 valence electrons. The van der Waals surface area contributed by atoms with E-state index in [1.54, 1.807) is 30.0 Å². The highest BCUT2D eigenvalue weighted by molar-refractivity contribution is 7.98. The molecule has 3 aromatic rings. The van der Waals surface area contributed by atoms with E-state index >= 15 is 4.39 Å². The molecule has 0 radical (unpaired) electrons. The van der Waals surface area contributed by atoms with Crippen molar-refractivity contribution in [1.82, 2.24) is 9.55 Å². The third-order valence-corrected chi connectivity index (χ3v) is 7.63. The average Bonchev–Trinajstić information content (AvgIpc) is 3.32. The third-order valence-electron chi connectivity index (χ3n) is 6.75. The van der Waals surface area contributed by atoms with Crippen molar-refractivity contribution in [2.45, 2.75) is 36.7 Å². The molecule has 5 atom stereocenters. The number of nitrogens with one attached hydrogen (secondary N) is 1. The van der Waals surface area contributed by atoms with Gasteiger partial charge in [0, 0.05) is 16.1 Å². The number of nitrogens with zero attached hydrogens (tertiary/aromatic N) is 5. The van der Waals surface area contributed by atoms with Crippen molar-refractivity contribution in [2.75, 3.05) is 30.5 Å². The molecule has 1 fully saturated rings. The lowest BCUT2D eigenvalue weighted by Gasteiger charge is -2.28. The highest BCUT2D eigenvalue weighted by atomic mass is 35.5. The quantitative estimate of drug-likeness (QED) is 0.0595. The fourth-order valence-electron chi connectivity index (χ4n) is 4.54. The van der Waals surface area contributed by atoms with Crippen molar-refractivity contribution < 1.29 is 37.7 Å². The van der Waals surface area contributed by atoms with E-state index in [1.165, 1.54) is 48.7 Å². The average molecular weight is 675 g/mol. The van der Waals surface area contributed by atoms with Gasteiger partial charge in [-0.3, -0.25) is 9.36 Å². The van der Waals surface area contributed by atoms with Gasteiger partial charge in [-0.15, -0.1) is 0 Å². The molecule has 14 nitrogen and oxygen atoms in total. The molecule has 1 N–H and O–H groups in total. The molecule has 0 aliphatic carbocycles. The summed E-state index contributed by atoms with van der Waals surface area (Å²) in [6.45, 7) is -0.576. The molecule has 1 aromatic heterocycles. The highest BCUT2D eigenvalue weighted by Crippen LogP contribution is 2.42. The number of aromatic nitrogens is 2. The van der Waals surface area contributed by atoms with Crippen LogP contribution in [-0.4, -0.2) is 77.2 Å². The van der Waals surface area contributed by atoms with Crippen LogP contribution >= 0.6 is 23.4 Å². The van der Waals surface area contributed by atoms with Gasteiger partial charge in [0.15, 0.2) is 18.5 Å². The molecule has 0 bridgehead atoms. The normalized spacial score (nSPS) is 21.0. The minimum Gasteiger partial charge on any atom is -0.466 e. The van der Waals surface area contributed by atoms with Crippen molar-refractivity contribution in [3.63, 3.8) is 0 Å². The maximum Gasteiger partial charge on any atom is 0.351 e. The third kappa shape index (κ3) is 8.34. The Morgan fingerprint density at radius 1 is 1.24 bits per heavy atom. The zero-order valence-electron chi connectivity index (χ0n) is 24.2. The van der Waals surface area contributed by atoms with Gasteiger partial charge in [0.1, 0.15) is 19.0 Å². The van der Waals surface area contributed by atoms with E-state index in [4.69, 9.17) is 30.5 Å². The van der Waals surface area contributed by atoms with Gasteiger partial charge in [-0.05, 0) is 60.4 Å². The maximum atomic E-state index is 16.3. The topological polar surface area (TPSA) is 184 Å². The van der Waals surface area contributed by atoms with E-state index in [0.29, 0.717) is 12.9 Å². The zero-order chi connectivity index (χ0) is 33.1. The Morgan fingerprint density at radius 2 is 2.00 bits per heavy atom. The van der Waals surface area contributed by atoms with Crippen LogP contribution in [0.1, 0.15) is 33.4 Å².